The lowest BCUT2D eigenvalue weighted by Crippen LogP contribution is -2.15. The van der Waals surface area contributed by atoms with Crippen molar-refractivity contribution in [3.8, 4) is 11.5 Å². The molecule has 0 aliphatic carbocycles. The Labute approximate surface area is 359 Å². The van der Waals surface area contributed by atoms with E-state index in [0.717, 1.165) is 0 Å². The summed E-state index contributed by atoms with van der Waals surface area (Å²) in [6.45, 7) is -1.58. The van der Waals surface area contributed by atoms with Crippen molar-refractivity contribution in [3.05, 3.63) is 120 Å². The van der Waals surface area contributed by atoms with Gasteiger partial charge in [0.05, 0.1) is 74.2 Å². The van der Waals surface area contributed by atoms with Crippen molar-refractivity contribution in [3.63, 3.8) is 0 Å². The zero-order chi connectivity index (χ0) is 46.0. The number of aromatic hydroxyl groups is 2. The minimum absolute atomic E-state index is 0.116. The second kappa shape index (κ2) is 20.0. The van der Waals surface area contributed by atoms with Crippen LogP contribution in [0.25, 0.3) is 0 Å². The molecule has 5 aromatic carbocycles. The van der Waals surface area contributed by atoms with Crippen LogP contribution in [-0.2, 0) is 48.8 Å². The fourth-order valence-corrected chi connectivity index (χ4v) is 7.95. The maximum absolute atomic E-state index is 12.4. The van der Waals surface area contributed by atoms with Crippen LogP contribution in [0.1, 0.15) is 21.5 Å². The average molecular weight is 945 g/mol. The zero-order valence-corrected chi connectivity index (χ0v) is 35.1. The molecule has 330 valence electrons. The van der Waals surface area contributed by atoms with Gasteiger partial charge in [-0.25, -0.2) is 30.0 Å². The van der Waals surface area contributed by atoms with Gasteiger partial charge in [0, 0.05) is 23.6 Å². The Bertz CT molecular complexity index is 2890. The van der Waals surface area contributed by atoms with E-state index in [1.807, 2.05) is 0 Å². The summed E-state index contributed by atoms with van der Waals surface area (Å²) in [7, 11) is -17.5. The minimum atomic E-state index is -4.80. The maximum Gasteiger partial charge on any atom is 0.397 e. The number of aliphatic imine (C=N–C) groups is 2. The van der Waals surface area contributed by atoms with Gasteiger partial charge in [0.1, 0.15) is 11.5 Å². The molecule has 5 aromatic rings. The summed E-state index contributed by atoms with van der Waals surface area (Å²) in [6.07, 6.45) is 2.48. The fraction of sp³-hybridized carbons (Fsp3) is 0.108. The topological polar surface area (TPSA) is 347 Å². The third-order valence-corrected chi connectivity index (χ3v) is 12.3. The molecule has 5 N–H and O–H groups in total. The Morgan fingerprint density at radius 2 is 0.841 bits per heavy atom. The first-order chi connectivity index (χ1) is 29.5. The highest BCUT2D eigenvalue weighted by Gasteiger charge is 2.18. The van der Waals surface area contributed by atoms with Crippen LogP contribution >= 0.6 is 0 Å². The van der Waals surface area contributed by atoms with E-state index in [-0.39, 0.29) is 72.1 Å². The van der Waals surface area contributed by atoms with Gasteiger partial charge >= 0.3 is 26.8 Å². The minimum Gasteiger partial charge on any atom is -0.507 e. The van der Waals surface area contributed by atoms with Crippen molar-refractivity contribution in [2.24, 2.45) is 30.4 Å². The molecule has 0 saturated heterocycles. The number of benzene rings is 5. The summed E-state index contributed by atoms with van der Waals surface area (Å²) in [5.41, 5.74) is 1.32. The molecular formula is C37H32N6O16S4. The Balaban J connectivity index is 1.28. The van der Waals surface area contributed by atoms with E-state index < -0.39 is 71.2 Å². The normalized spacial score (nSPS) is 12.9. The van der Waals surface area contributed by atoms with Crippen LogP contribution < -0.4 is 0 Å². The van der Waals surface area contributed by atoms with Gasteiger partial charge in [-0.1, -0.05) is 0 Å². The van der Waals surface area contributed by atoms with Gasteiger partial charge in [0.2, 0.25) is 0 Å². The third-order valence-electron chi connectivity index (χ3n) is 8.00. The lowest BCUT2D eigenvalue weighted by molar-refractivity contribution is 0.0696. The van der Waals surface area contributed by atoms with E-state index >= 15 is 0 Å². The van der Waals surface area contributed by atoms with E-state index in [9.17, 15) is 53.8 Å². The molecule has 22 nitrogen and oxygen atoms in total. The lowest BCUT2D eigenvalue weighted by Gasteiger charge is -2.04. The summed E-state index contributed by atoms with van der Waals surface area (Å²) in [5, 5.41) is 47.0. The van der Waals surface area contributed by atoms with Gasteiger partial charge in [-0.2, -0.15) is 37.3 Å². The molecule has 26 heteroatoms. The van der Waals surface area contributed by atoms with Crippen LogP contribution in [0.4, 0.5) is 34.1 Å². The summed E-state index contributed by atoms with van der Waals surface area (Å²) in [5.74, 6) is -3.16. The molecule has 5 rings (SSSR count). The first-order valence-corrected chi connectivity index (χ1v) is 23.4. The molecular weight excluding hydrogens is 913 g/mol. The van der Waals surface area contributed by atoms with Crippen LogP contribution in [0, 0.1) is 0 Å². The number of carboxylic acid groups (broad SMARTS) is 1. The Hall–Kier alpha value is -6.65. The monoisotopic (exact) mass is 944 g/mol. The number of carboxylic acids is 1. The average Bonchev–Trinajstić information content (AvgIpc) is 3.21. The highest BCUT2D eigenvalue weighted by atomic mass is 32.3. The van der Waals surface area contributed by atoms with Crippen molar-refractivity contribution >= 4 is 93.0 Å². The highest BCUT2D eigenvalue weighted by molar-refractivity contribution is 7.91. The summed E-state index contributed by atoms with van der Waals surface area (Å²) in [6, 6.07) is 22.5. The predicted octanol–water partition coefficient (Wildman–Crippen LogP) is 6.31. The van der Waals surface area contributed by atoms with E-state index in [0.29, 0.717) is 0 Å². The summed E-state index contributed by atoms with van der Waals surface area (Å²) in [4.78, 5) is 20.2. The fourth-order valence-electron chi connectivity index (χ4n) is 4.98. The molecule has 0 spiro atoms. The SMILES string of the molecule is O=C(O)c1cc(N=Cc2cc(N=Nc3ccc(S(=O)(=O)CCOS(=O)(=O)O)cc3)ccc2O)cc(N=Cc2cc(N=Nc3ccc(S(=O)(=O)CCOS(=O)(=O)O)cc3)ccc2O)c1. The van der Waals surface area contributed by atoms with Crippen molar-refractivity contribution in [2.45, 2.75) is 9.79 Å². The number of nitrogens with zero attached hydrogens (tertiary/aromatic N) is 6. The molecule has 0 amide bonds. The predicted molar refractivity (Wildman–Crippen MR) is 224 cm³/mol. The number of rotatable bonds is 19. The van der Waals surface area contributed by atoms with Gasteiger partial charge in [-0.05, 0) is 103 Å². The smallest absolute Gasteiger partial charge is 0.397 e. The quantitative estimate of drug-likeness (QED) is 0.0344. The molecule has 63 heavy (non-hydrogen) atoms. The first-order valence-electron chi connectivity index (χ1n) is 17.4. The summed E-state index contributed by atoms with van der Waals surface area (Å²) < 4.78 is 118. The molecule has 0 unspecified atom stereocenters. The van der Waals surface area contributed by atoms with Crippen molar-refractivity contribution < 1.29 is 71.3 Å². The van der Waals surface area contributed by atoms with Gasteiger partial charge < -0.3 is 15.3 Å². The zero-order valence-electron chi connectivity index (χ0n) is 31.8. The standard InChI is InChI=1S/C37H32N6O16S4/c44-35-11-5-29(42-40-27-1-7-33(8-2-27)60(48,49)15-13-58-62(52,53)54)19-25(35)22-38-31-17-24(37(46)47)18-32(21-31)39-23-26-20-30(6-12-36(26)45)43-41-28-3-9-34(10-4-28)61(50,51)16-14-59-63(55,56)57/h1-12,17-23,44-45H,13-16H2,(H,46,47)(H,52,53,54)(H,55,56,57). The Kier molecular flexibility index (Phi) is 15.1. The molecule has 0 saturated carbocycles. The number of hydrogen-bond donors (Lipinski definition) is 5. The van der Waals surface area contributed by atoms with Crippen molar-refractivity contribution in [1.82, 2.24) is 0 Å². The van der Waals surface area contributed by atoms with Gasteiger partial charge in [-0.3, -0.25) is 19.1 Å². The third kappa shape index (κ3) is 14.7. The first kappa shape index (κ1) is 47.4. The van der Waals surface area contributed by atoms with E-state index in [1.165, 1.54) is 116 Å². The molecule has 0 heterocycles. The molecule has 0 radical (unpaired) electrons. The van der Waals surface area contributed by atoms with E-state index in [4.69, 9.17) is 9.11 Å². The molecule has 0 bridgehead atoms. The Morgan fingerprint density at radius 1 is 0.492 bits per heavy atom. The second-order valence-electron chi connectivity index (χ2n) is 12.6. The molecule has 0 aliphatic rings. The van der Waals surface area contributed by atoms with Gasteiger partial charge in [0.15, 0.2) is 19.7 Å². The Morgan fingerprint density at radius 3 is 1.19 bits per heavy atom. The van der Waals surface area contributed by atoms with Gasteiger partial charge in [-0.15, -0.1) is 0 Å². The molecule has 0 aromatic heterocycles. The number of aromatic carboxylic acids is 1. The van der Waals surface area contributed by atoms with Crippen LogP contribution in [0.2, 0.25) is 0 Å². The van der Waals surface area contributed by atoms with Crippen molar-refractivity contribution in [2.75, 3.05) is 24.7 Å². The maximum atomic E-state index is 12.4. The van der Waals surface area contributed by atoms with Crippen LogP contribution in [0.3, 0.4) is 0 Å². The van der Waals surface area contributed by atoms with Crippen molar-refractivity contribution in [1.29, 1.82) is 0 Å². The highest BCUT2D eigenvalue weighted by Crippen LogP contribution is 2.29. The number of sulfone groups is 2. The number of hydrogen-bond acceptors (Lipinski definition) is 19. The molecule has 0 aliphatic heterocycles. The molecule has 0 fully saturated rings. The van der Waals surface area contributed by atoms with Crippen LogP contribution in [0.5, 0.6) is 11.5 Å². The molecule has 0 atom stereocenters. The number of carbonyl (C=O) groups is 1. The van der Waals surface area contributed by atoms with Crippen LogP contribution in [0.15, 0.2) is 143 Å². The number of azo groups is 2. The second-order valence-corrected chi connectivity index (χ2v) is 19.0. The largest absolute Gasteiger partial charge is 0.507 e. The van der Waals surface area contributed by atoms with E-state index in [1.54, 1.807) is 0 Å². The lowest BCUT2D eigenvalue weighted by atomic mass is 10.1. The van der Waals surface area contributed by atoms with Gasteiger partial charge in [0.25, 0.3) is 0 Å². The number of phenolic OH excluding ortho intramolecular Hbond substituents is 2. The van der Waals surface area contributed by atoms with Crippen LogP contribution in [-0.4, -0.2) is 101 Å². The summed E-state index contributed by atoms with van der Waals surface area (Å²) >= 11 is 0. The number of phenols is 2. The van der Waals surface area contributed by atoms with E-state index in [2.05, 4.69) is 38.8 Å².